The number of nitrogens with two attached hydrogens (primary N) is 1. The van der Waals surface area contributed by atoms with Crippen LogP contribution in [0.5, 0.6) is 0 Å². The van der Waals surface area contributed by atoms with Gasteiger partial charge in [0, 0.05) is 20.1 Å². The van der Waals surface area contributed by atoms with Gasteiger partial charge in [0.25, 0.3) is 0 Å². The molecule has 0 bridgehead atoms. The van der Waals surface area contributed by atoms with Gasteiger partial charge < -0.3 is 5.73 Å². The van der Waals surface area contributed by atoms with E-state index in [9.17, 15) is 0 Å². The van der Waals surface area contributed by atoms with Gasteiger partial charge in [-0.15, -0.1) is 0 Å². The minimum absolute atomic E-state index is 0.286. The Morgan fingerprint density at radius 2 is 1.14 bits per heavy atom. The molecule has 0 unspecified atom stereocenters. The largest absolute Gasteiger partial charge is 0.404 e. The molecule has 3 aromatic rings. The highest BCUT2D eigenvalue weighted by molar-refractivity contribution is 6.36. The number of nitrogen functional groups attached to an aromatic ring is 1. The van der Waals surface area contributed by atoms with Crippen LogP contribution in [0.1, 0.15) is 5.56 Å². The molecule has 0 saturated carbocycles. The number of anilines is 1. The topological polar surface area (TPSA) is 54.2 Å². The zero-order chi connectivity index (χ0) is 21.3. The van der Waals surface area contributed by atoms with Crippen LogP contribution >= 0.6 is 69.6 Å². The van der Waals surface area contributed by atoms with Crippen molar-refractivity contribution in [3.63, 3.8) is 0 Å². The SMILES string of the molecule is Cc1cc(Cl)ccc1Cl.N#[N+]c1cc(Cl)ccc1Cl.Nc1cc(Cl)ccc1Cl. The van der Waals surface area contributed by atoms with Crippen molar-refractivity contribution in [2.75, 3.05) is 5.73 Å². The summed E-state index contributed by atoms with van der Waals surface area (Å²) in [6, 6.07) is 15.0. The molecule has 3 nitrogen and oxygen atoms in total. The van der Waals surface area contributed by atoms with E-state index in [4.69, 9.17) is 80.7 Å². The van der Waals surface area contributed by atoms with E-state index in [0.717, 1.165) is 15.6 Å². The monoisotopic (exact) mass is 494 g/mol. The molecule has 3 aromatic carbocycles. The second-order valence-corrected chi connectivity index (χ2v) is 7.79. The third-order valence-electron chi connectivity index (χ3n) is 3.09. The van der Waals surface area contributed by atoms with Crippen LogP contribution < -0.4 is 5.73 Å². The van der Waals surface area contributed by atoms with Crippen LogP contribution in [0, 0.1) is 12.3 Å². The number of diazo groups is 1. The Hall–Kier alpha value is -1.38. The third-order valence-corrected chi connectivity index (χ3v) is 4.89. The van der Waals surface area contributed by atoms with Gasteiger partial charge in [0.1, 0.15) is 5.02 Å². The fourth-order valence-corrected chi connectivity index (χ4v) is 2.65. The van der Waals surface area contributed by atoms with Gasteiger partial charge >= 0.3 is 5.69 Å². The first-order valence-corrected chi connectivity index (χ1v) is 9.83. The quantitative estimate of drug-likeness (QED) is 0.249. The highest BCUT2D eigenvalue weighted by Gasteiger charge is 2.10. The molecule has 28 heavy (non-hydrogen) atoms. The van der Waals surface area contributed by atoms with Gasteiger partial charge in [-0.3, -0.25) is 0 Å². The maximum atomic E-state index is 8.32. The lowest BCUT2D eigenvalue weighted by atomic mass is 10.2. The molecule has 146 valence electrons. The number of rotatable bonds is 0. The zero-order valence-electron chi connectivity index (χ0n) is 14.4. The second-order valence-electron chi connectivity index (χ2n) is 5.26. The summed E-state index contributed by atoms with van der Waals surface area (Å²) in [4.78, 5) is 2.91. The number of benzene rings is 3. The molecule has 0 spiro atoms. The Morgan fingerprint density at radius 3 is 1.54 bits per heavy atom. The van der Waals surface area contributed by atoms with Crippen molar-refractivity contribution in [2.24, 2.45) is 0 Å². The predicted molar refractivity (Wildman–Crippen MR) is 123 cm³/mol. The summed E-state index contributed by atoms with van der Waals surface area (Å²) in [5.41, 5.74) is 7.23. The van der Waals surface area contributed by atoms with Crippen LogP contribution in [0.25, 0.3) is 4.98 Å². The highest BCUT2D eigenvalue weighted by Crippen LogP contribution is 2.27. The van der Waals surface area contributed by atoms with E-state index in [1.54, 1.807) is 42.5 Å². The molecule has 0 aromatic heterocycles. The lowest BCUT2D eigenvalue weighted by Crippen LogP contribution is -1.83. The molecule has 0 aliphatic heterocycles. The number of nitrogens with zero attached hydrogens (tertiary/aromatic N) is 2. The van der Waals surface area contributed by atoms with Gasteiger partial charge in [-0.25, -0.2) is 0 Å². The molecule has 0 radical (unpaired) electrons. The maximum absolute atomic E-state index is 8.32. The number of hydrogen-bond acceptors (Lipinski definition) is 2. The molecule has 2 N–H and O–H groups in total. The first-order valence-electron chi connectivity index (χ1n) is 7.56. The summed E-state index contributed by atoms with van der Waals surface area (Å²) >= 11 is 33.7. The molecule has 0 fully saturated rings. The van der Waals surface area contributed by atoms with Crippen molar-refractivity contribution in [3.05, 3.63) is 95.3 Å². The van der Waals surface area contributed by atoms with Crippen molar-refractivity contribution < 1.29 is 0 Å². The number of halogens is 6. The third kappa shape index (κ3) is 8.75. The standard InChI is InChI=1S/C7H6Cl2.C6H3Cl2N2.C6H5Cl2N/c1-5-4-6(8)2-3-7(5)9;7-4-1-2-5(8)6(3-4)10-9;7-4-1-2-5(8)6(9)3-4/h2-4H,1H3;1-3H;1-3H,9H2/q;+1;. The summed E-state index contributed by atoms with van der Waals surface area (Å²) in [5.74, 6) is 0. The fourth-order valence-electron chi connectivity index (χ4n) is 1.69. The van der Waals surface area contributed by atoms with Crippen LogP contribution in [0.4, 0.5) is 11.4 Å². The summed E-state index contributed by atoms with van der Waals surface area (Å²) in [6.07, 6.45) is 0. The first-order chi connectivity index (χ1) is 13.1. The van der Waals surface area contributed by atoms with E-state index in [1.165, 1.54) is 6.07 Å². The van der Waals surface area contributed by atoms with Gasteiger partial charge in [0.2, 0.25) is 5.39 Å². The molecular weight excluding hydrogens is 483 g/mol. The van der Waals surface area contributed by atoms with Crippen molar-refractivity contribution in [3.8, 4) is 0 Å². The Kier molecular flexibility index (Phi) is 10.8. The second kappa shape index (κ2) is 12.2. The normalized spacial score (nSPS) is 9.36. The van der Waals surface area contributed by atoms with Crippen LogP contribution in [0.3, 0.4) is 0 Å². The van der Waals surface area contributed by atoms with Crippen molar-refractivity contribution >= 4 is 81.0 Å². The van der Waals surface area contributed by atoms with Gasteiger partial charge in [-0.05, 0) is 61.0 Å². The minimum Gasteiger partial charge on any atom is -0.397 e. The van der Waals surface area contributed by atoms with Gasteiger partial charge in [-0.1, -0.05) is 69.6 Å². The van der Waals surface area contributed by atoms with E-state index >= 15 is 0 Å². The molecule has 9 heteroatoms. The van der Waals surface area contributed by atoms with Crippen molar-refractivity contribution in [1.82, 2.24) is 0 Å². The lowest BCUT2D eigenvalue weighted by Gasteiger charge is -1.95. The van der Waals surface area contributed by atoms with Crippen molar-refractivity contribution in [1.29, 1.82) is 5.39 Å². The highest BCUT2D eigenvalue weighted by atomic mass is 35.5. The summed E-state index contributed by atoms with van der Waals surface area (Å²) < 4.78 is 0. The van der Waals surface area contributed by atoms with E-state index in [1.807, 2.05) is 13.0 Å². The molecule has 0 aliphatic carbocycles. The van der Waals surface area contributed by atoms with Crippen LogP contribution in [0.15, 0.2) is 54.6 Å². The summed E-state index contributed by atoms with van der Waals surface area (Å²) in [5, 5.41) is 11.8. The Bertz CT molecular complexity index is 936. The Morgan fingerprint density at radius 1 is 0.679 bits per heavy atom. The Labute approximate surface area is 193 Å². The van der Waals surface area contributed by atoms with Crippen LogP contribution in [-0.2, 0) is 0 Å². The molecule has 0 atom stereocenters. The average molecular weight is 497 g/mol. The van der Waals surface area contributed by atoms with Gasteiger partial charge in [-0.2, -0.15) is 0 Å². The molecule has 0 heterocycles. The molecule has 0 saturated heterocycles. The van der Waals surface area contributed by atoms with E-state index in [-0.39, 0.29) is 5.69 Å². The lowest BCUT2D eigenvalue weighted by molar-refractivity contribution is 1.46. The van der Waals surface area contributed by atoms with Crippen molar-refractivity contribution in [2.45, 2.75) is 6.92 Å². The smallest absolute Gasteiger partial charge is 0.397 e. The van der Waals surface area contributed by atoms with Gasteiger partial charge in [0.05, 0.1) is 16.8 Å². The molecule has 0 amide bonds. The van der Waals surface area contributed by atoms with E-state index in [0.29, 0.717) is 25.8 Å². The Balaban J connectivity index is 0.000000210. The summed E-state index contributed by atoms with van der Waals surface area (Å²) in [7, 11) is 0. The molecular formula is C19H14Cl6N3+. The number of aryl methyl sites for hydroxylation is 1. The molecule has 0 aliphatic rings. The number of hydrogen-bond donors (Lipinski definition) is 1. The first kappa shape index (κ1) is 24.7. The van der Waals surface area contributed by atoms with E-state index < -0.39 is 0 Å². The zero-order valence-corrected chi connectivity index (χ0v) is 19.0. The predicted octanol–water partition coefficient (Wildman–Crippen LogP) is 9.36. The maximum Gasteiger partial charge on any atom is 0.404 e. The molecule has 3 rings (SSSR count). The fraction of sp³-hybridized carbons (Fsp3) is 0.0526. The van der Waals surface area contributed by atoms with Crippen LogP contribution in [0.2, 0.25) is 30.1 Å². The minimum atomic E-state index is 0.286. The van der Waals surface area contributed by atoms with Crippen LogP contribution in [-0.4, -0.2) is 0 Å². The average Bonchev–Trinajstić information content (AvgIpc) is 2.65. The summed E-state index contributed by atoms with van der Waals surface area (Å²) in [6.45, 7) is 1.92. The van der Waals surface area contributed by atoms with Gasteiger partial charge in [0.15, 0.2) is 4.98 Å². The van der Waals surface area contributed by atoms with E-state index in [2.05, 4.69) is 4.98 Å².